The van der Waals surface area contributed by atoms with Gasteiger partial charge in [-0.15, -0.1) is 10.2 Å². The van der Waals surface area contributed by atoms with Gasteiger partial charge in [0.25, 0.3) is 0 Å². The summed E-state index contributed by atoms with van der Waals surface area (Å²) >= 11 is 1.68. The van der Waals surface area contributed by atoms with Crippen LogP contribution < -0.4 is 5.32 Å². The molecule has 1 aliphatic heterocycles. The van der Waals surface area contributed by atoms with E-state index in [1.165, 1.54) is 5.56 Å². The summed E-state index contributed by atoms with van der Waals surface area (Å²) in [7, 11) is 1.93. The van der Waals surface area contributed by atoms with Crippen LogP contribution in [0, 0.1) is 6.92 Å². The van der Waals surface area contributed by atoms with Crippen molar-refractivity contribution in [3.05, 3.63) is 41.6 Å². The molecule has 0 aliphatic carbocycles. The highest BCUT2D eigenvalue weighted by atomic mass is 32.2. The van der Waals surface area contributed by atoms with E-state index in [1.807, 2.05) is 7.05 Å². The fourth-order valence-corrected chi connectivity index (χ4v) is 4.10. The summed E-state index contributed by atoms with van der Waals surface area (Å²) in [4.78, 5) is 4.69. The quantitative estimate of drug-likeness (QED) is 0.643. The van der Waals surface area contributed by atoms with Gasteiger partial charge in [-0.25, -0.2) is 4.98 Å². The van der Waals surface area contributed by atoms with E-state index in [2.05, 4.69) is 55.9 Å². The van der Waals surface area contributed by atoms with Crippen molar-refractivity contribution in [1.29, 1.82) is 0 Å². The number of ether oxygens (including phenoxy) is 1. The molecule has 4 rings (SSSR count). The monoisotopic (exact) mass is 372 g/mol. The molecule has 1 saturated heterocycles. The van der Waals surface area contributed by atoms with Crippen LogP contribution >= 0.6 is 11.8 Å². The van der Waals surface area contributed by atoms with E-state index in [0.29, 0.717) is 6.54 Å². The summed E-state index contributed by atoms with van der Waals surface area (Å²) in [5.41, 5.74) is 3.24. The van der Waals surface area contributed by atoms with Crippen molar-refractivity contribution >= 4 is 17.4 Å². The second kappa shape index (κ2) is 7.77. The van der Waals surface area contributed by atoms with Crippen LogP contribution in [0.4, 0.5) is 0 Å². The number of aryl methyl sites for hydroxylation is 1. The minimum atomic E-state index is 0.263. The Kier molecular flexibility index (Phi) is 5.23. The van der Waals surface area contributed by atoms with Crippen LogP contribution in [0.1, 0.15) is 29.9 Å². The molecular formula is C18H24N6OS. The van der Waals surface area contributed by atoms with Crippen molar-refractivity contribution in [2.45, 2.75) is 49.9 Å². The van der Waals surface area contributed by atoms with Gasteiger partial charge in [0.05, 0.1) is 24.9 Å². The third kappa shape index (κ3) is 3.77. The summed E-state index contributed by atoms with van der Waals surface area (Å²) in [5, 5.41) is 12.9. The van der Waals surface area contributed by atoms with Gasteiger partial charge in [-0.3, -0.25) is 0 Å². The predicted octanol–water partition coefficient (Wildman–Crippen LogP) is 2.42. The zero-order valence-corrected chi connectivity index (χ0v) is 16.0. The van der Waals surface area contributed by atoms with E-state index < -0.39 is 0 Å². The molecule has 0 unspecified atom stereocenters. The fraction of sp³-hybridized carbons (Fsp3) is 0.500. The van der Waals surface area contributed by atoms with Crippen molar-refractivity contribution < 1.29 is 4.74 Å². The van der Waals surface area contributed by atoms with Gasteiger partial charge in [0.1, 0.15) is 11.5 Å². The van der Waals surface area contributed by atoms with E-state index in [9.17, 15) is 0 Å². The van der Waals surface area contributed by atoms with Gasteiger partial charge in [-0.2, -0.15) is 0 Å². The molecular weight excluding hydrogens is 348 g/mol. The summed E-state index contributed by atoms with van der Waals surface area (Å²) in [6, 6.07) is 4.13. The van der Waals surface area contributed by atoms with Crippen LogP contribution in [-0.4, -0.2) is 43.9 Å². The largest absolute Gasteiger partial charge is 0.376 e. The maximum absolute atomic E-state index is 5.81. The Labute approximate surface area is 157 Å². The van der Waals surface area contributed by atoms with Crippen molar-refractivity contribution in [3.63, 3.8) is 0 Å². The highest BCUT2D eigenvalue weighted by Gasteiger charge is 2.21. The lowest BCUT2D eigenvalue weighted by molar-refractivity contribution is 0.0941. The maximum Gasteiger partial charge on any atom is 0.191 e. The smallest absolute Gasteiger partial charge is 0.191 e. The van der Waals surface area contributed by atoms with Gasteiger partial charge >= 0.3 is 0 Å². The van der Waals surface area contributed by atoms with Crippen LogP contribution in [0.15, 0.2) is 29.7 Å². The summed E-state index contributed by atoms with van der Waals surface area (Å²) in [6.07, 6.45) is 6.69. The highest BCUT2D eigenvalue weighted by molar-refractivity contribution is 7.98. The molecule has 0 saturated carbocycles. The lowest BCUT2D eigenvalue weighted by Crippen LogP contribution is -2.20. The summed E-state index contributed by atoms with van der Waals surface area (Å²) < 4.78 is 10.1. The Balaban J connectivity index is 1.50. The van der Waals surface area contributed by atoms with Crippen molar-refractivity contribution in [2.75, 3.05) is 13.7 Å². The molecule has 3 aromatic heterocycles. The number of imidazole rings is 1. The number of fused-ring (bicyclic) bond motifs is 1. The fourth-order valence-electron chi connectivity index (χ4n) is 3.25. The minimum Gasteiger partial charge on any atom is -0.376 e. The number of pyridine rings is 1. The molecule has 1 aliphatic rings. The minimum absolute atomic E-state index is 0.263. The number of thioether (sulfide) groups is 1. The Hall–Kier alpha value is -1.90. The zero-order valence-electron chi connectivity index (χ0n) is 15.2. The van der Waals surface area contributed by atoms with Crippen LogP contribution in [-0.2, 0) is 23.6 Å². The molecule has 1 atom stereocenters. The molecule has 1 N–H and O–H groups in total. The lowest BCUT2D eigenvalue weighted by Gasteiger charge is -2.14. The summed E-state index contributed by atoms with van der Waals surface area (Å²) in [6.45, 7) is 4.46. The first-order valence-electron chi connectivity index (χ1n) is 8.98. The molecule has 8 heteroatoms. The number of aromatic nitrogens is 5. The van der Waals surface area contributed by atoms with Crippen molar-refractivity contribution in [1.82, 2.24) is 29.5 Å². The normalized spacial score (nSPS) is 17.4. The molecule has 4 heterocycles. The molecule has 1 fully saturated rings. The van der Waals surface area contributed by atoms with E-state index in [0.717, 1.165) is 54.1 Å². The first-order valence-corrected chi connectivity index (χ1v) is 9.97. The highest BCUT2D eigenvalue weighted by Crippen LogP contribution is 2.24. The molecule has 0 bridgehead atoms. The van der Waals surface area contributed by atoms with Gasteiger partial charge in [0.15, 0.2) is 5.16 Å². The molecule has 3 aromatic rings. The van der Waals surface area contributed by atoms with Crippen molar-refractivity contribution in [2.24, 2.45) is 0 Å². The van der Waals surface area contributed by atoms with Crippen LogP contribution in [0.5, 0.6) is 0 Å². The molecule has 0 radical (unpaired) electrons. The molecule has 26 heavy (non-hydrogen) atoms. The molecule has 7 nitrogen and oxygen atoms in total. The third-order valence-electron chi connectivity index (χ3n) is 4.54. The SMILES string of the molecule is CNCc1nnc(SCc2cn3cc(C)ccc3n2)n1C[C@H]1CCCO1. The lowest BCUT2D eigenvalue weighted by atomic mass is 10.2. The first kappa shape index (κ1) is 17.5. The average Bonchev–Trinajstić information content (AvgIpc) is 3.35. The standard InChI is InChI=1S/C18H24N6OS/c1-13-5-6-16-20-14(10-23(16)9-13)12-26-18-22-21-17(8-19-2)24(18)11-15-4-3-7-25-15/h5-6,9-10,15,19H,3-4,7-8,11-12H2,1-2H3/t15-/m1/s1. The molecule has 138 valence electrons. The molecule has 0 spiro atoms. The van der Waals surface area contributed by atoms with Crippen LogP contribution in [0.2, 0.25) is 0 Å². The van der Waals surface area contributed by atoms with Gasteiger partial charge in [0, 0.05) is 24.8 Å². The number of nitrogens with one attached hydrogen (secondary N) is 1. The Bertz CT molecular complexity index is 883. The maximum atomic E-state index is 5.81. The first-order chi connectivity index (χ1) is 12.7. The van der Waals surface area contributed by atoms with E-state index in [-0.39, 0.29) is 6.10 Å². The number of hydrogen-bond acceptors (Lipinski definition) is 6. The second-order valence-electron chi connectivity index (χ2n) is 6.67. The summed E-state index contributed by atoms with van der Waals surface area (Å²) in [5.74, 6) is 1.72. The van der Waals surface area contributed by atoms with E-state index >= 15 is 0 Å². The predicted molar refractivity (Wildman–Crippen MR) is 101 cm³/mol. The van der Waals surface area contributed by atoms with Crippen molar-refractivity contribution in [3.8, 4) is 0 Å². The molecule has 0 amide bonds. The second-order valence-corrected chi connectivity index (χ2v) is 7.61. The van der Waals surface area contributed by atoms with Gasteiger partial charge in [-0.05, 0) is 38.4 Å². The van der Waals surface area contributed by atoms with E-state index in [1.54, 1.807) is 11.8 Å². The third-order valence-corrected chi connectivity index (χ3v) is 5.54. The van der Waals surface area contributed by atoms with Gasteiger partial charge in [0.2, 0.25) is 0 Å². The van der Waals surface area contributed by atoms with Crippen LogP contribution in [0.3, 0.4) is 0 Å². The number of rotatable bonds is 7. The Morgan fingerprint density at radius 1 is 1.31 bits per heavy atom. The van der Waals surface area contributed by atoms with Gasteiger partial charge < -0.3 is 19.0 Å². The van der Waals surface area contributed by atoms with Crippen LogP contribution in [0.25, 0.3) is 5.65 Å². The Morgan fingerprint density at radius 3 is 3.04 bits per heavy atom. The van der Waals surface area contributed by atoms with Gasteiger partial charge in [-0.1, -0.05) is 17.8 Å². The van der Waals surface area contributed by atoms with E-state index in [4.69, 9.17) is 9.72 Å². The zero-order chi connectivity index (χ0) is 17.9. The molecule has 0 aromatic carbocycles. The average molecular weight is 372 g/mol. The Morgan fingerprint density at radius 2 is 2.23 bits per heavy atom. The number of hydrogen-bond donors (Lipinski definition) is 1. The number of nitrogens with zero attached hydrogens (tertiary/aromatic N) is 5. The topological polar surface area (TPSA) is 69.3 Å².